The summed E-state index contributed by atoms with van der Waals surface area (Å²) < 4.78 is 10.9. The molecule has 1 saturated heterocycles. The molecular weight excluding hydrogens is 346 g/mol. The highest BCUT2D eigenvalue weighted by Gasteiger charge is 2.34. The molecule has 2 aromatic rings. The van der Waals surface area contributed by atoms with Gasteiger partial charge in [0.1, 0.15) is 6.61 Å². The van der Waals surface area contributed by atoms with E-state index in [1.807, 2.05) is 24.3 Å². The molecule has 2 atom stereocenters. The molecule has 0 aromatic heterocycles. The van der Waals surface area contributed by atoms with Gasteiger partial charge in [0, 0.05) is 5.92 Å². The zero-order valence-corrected chi connectivity index (χ0v) is 15.0. The zero-order chi connectivity index (χ0) is 19.0. The fraction of sp³-hybridized carbons (Fsp3) is 0.333. The summed E-state index contributed by atoms with van der Waals surface area (Å²) in [5, 5.41) is 9.17. The summed E-state index contributed by atoms with van der Waals surface area (Å²) in [7, 11) is 0. The Morgan fingerprint density at radius 2 is 1.67 bits per heavy atom. The van der Waals surface area contributed by atoms with Gasteiger partial charge in [-0.05, 0) is 29.2 Å². The quantitative estimate of drug-likeness (QED) is 0.902. The van der Waals surface area contributed by atoms with Crippen LogP contribution in [0.3, 0.4) is 0 Å². The lowest BCUT2D eigenvalue weighted by molar-refractivity contribution is -0.161. The number of carboxylic acids is 1. The number of hydrogen-bond acceptors (Lipinski definition) is 4. The van der Waals surface area contributed by atoms with Crippen LogP contribution in [0.5, 0.6) is 0 Å². The molecular formula is C21H21NO5. The normalized spacial score (nSPS) is 21.4. The highest BCUT2D eigenvalue weighted by atomic mass is 16.6. The number of morpholine rings is 1. The highest BCUT2D eigenvalue weighted by Crippen LogP contribution is 2.44. The summed E-state index contributed by atoms with van der Waals surface area (Å²) in [4.78, 5) is 25.2. The molecule has 2 aliphatic rings. The van der Waals surface area contributed by atoms with Gasteiger partial charge in [-0.25, -0.2) is 9.59 Å². The first-order valence-corrected chi connectivity index (χ1v) is 9.02. The van der Waals surface area contributed by atoms with E-state index in [4.69, 9.17) is 9.47 Å². The molecule has 140 valence electrons. The maximum atomic E-state index is 12.5. The van der Waals surface area contributed by atoms with Crippen molar-refractivity contribution in [1.29, 1.82) is 0 Å². The number of fused-ring (bicyclic) bond motifs is 3. The molecule has 0 unspecified atom stereocenters. The van der Waals surface area contributed by atoms with E-state index in [0.717, 1.165) is 11.1 Å². The molecule has 6 nitrogen and oxygen atoms in total. The number of hydrogen-bond donors (Lipinski definition) is 1. The Morgan fingerprint density at radius 3 is 2.26 bits per heavy atom. The monoisotopic (exact) mass is 367 g/mol. The molecule has 0 saturated carbocycles. The first-order valence-electron chi connectivity index (χ1n) is 9.02. The van der Waals surface area contributed by atoms with E-state index < -0.39 is 18.2 Å². The summed E-state index contributed by atoms with van der Waals surface area (Å²) in [6.07, 6.45) is -1.87. The average Bonchev–Trinajstić information content (AvgIpc) is 2.99. The van der Waals surface area contributed by atoms with Gasteiger partial charge in [0.25, 0.3) is 0 Å². The van der Waals surface area contributed by atoms with Crippen molar-refractivity contribution in [2.45, 2.75) is 25.0 Å². The lowest BCUT2D eigenvalue weighted by atomic mass is 9.98. The van der Waals surface area contributed by atoms with Gasteiger partial charge < -0.3 is 19.5 Å². The maximum absolute atomic E-state index is 12.5. The van der Waals surface area contributed by atoms with Crippen LogP contribution in [-0.2, 0) is 14.3 Å². The van der Waals surface area contributed by atoms with Gasteiger partial charge in [-0.2, -0.15) is 0 Å². The van der Waals surface area contributed by atoms with Crippen LogP contribution in [0.4, 0.5) is 4.79 Å². The second-order valence-electron chi connectivity index (χ2n) is 6.98. The Bertz CT molecular complexity index is 835. The number of carbonyl (C=O) groups excluding carboxylic acids is 1. The van der Waals surface area contributed by atoms with E-state index in [1.54, 1.807) is 6.92 Å². The average molecular weight is 367 g/mol. The van der Waals surface area contributed by atoms with Crippen LogP contribution < -0.4 is 0 Å². The molecule has 0 radical (unpaired) electrons. The summed E-state index contributed by atoms with van der Waals surface area (Å²) in [5.74, 6) is -1.09. The van der Waals surface area contributed by atoms with Gasteiger partial charge in [-0.1, -0.05) is 48.5 Å². The largest absolute Gasteiger partial charge is 0.479 e. The molecule has 1 aliphatic heterocycles. The van der Waals surface area contributed by atoms with Crippen LogP contribution in [0.2, 0.25) is 0 Å². The first-order chi connectivity index (χ1) is 13.0. The zero-order valence-electron chi connectivity index (χ0n) is 15.0. The molecule has 1 fully saturated rings. The SMILES string of the molecule is C[C@@H]1CN(C(=O)OCC2c3ccccc3-c3ccccc32)C[C@H](C(=O)O)O1. The predicted molar refractivity (Wildman–Crippen MR) is 98.6 cm³/mol. The minimum atomic E-state index is -1.07. The third kappa shape index (κ3) is 3.28. The van der Waals surface area contributed by atoms with Gasteiger partial charge in [-0.3, -0.25) is 0 Å². The Kier molecular flexibility index (Phi) is 4.58. The Labute approximate surface area is 157 Å². The predicted octanol–water partition coefficient (Wildman–Crippen LogP) is 3.11. The number of rotatable bonds is 3. The van der Waals surface area contributed by atoms with Crippen LogP contribution in [0, 0.1) is 0 Å². The smallest absolute Gasteiger partial charge is 0.409 e. The van der Waals surface area contributed by atoms with Gasteiger partial charge in [0.15, 0.2) is 6.10 Å². The summed E-state index contributed by atoms with van der Waals surface area (Å²) in [6.45, 7) is 2.28. The van der Waals surface area contributed by atoms with E-state index in [-0.39, 0.29) is 25.2 Å². The summed E-state index contributed by atoms with van der Waals surface area (Å²) in [6, 6.07) is 16.3. The molecule has 1 amide bonds. The van der Waals surface area contributed by atoms with Crippen LogP contribution in [0.25, 0.3) is 11.1 Å². The Morgan fingerprint density at radius 1 is 1.07 bits per heavy atom. The van der Waals surface area contributed by atoms with E-state index in [9.17, 15) is 14.7 Å². The first kappa shape index (κ1) is 17.5. The number of aliphatic carboxylic acids is 1. The van der Waals surface area contributed by atoms with Crippen LogP contribution in [0.15, 0.2) is 48.5 Å². The third-order valence-corrected chi connectivity index (χ3v) is 5.13. The molecule has 27 heavy (non-hydrogen) atoms. The maximum Gasteiger partial charge on any atom is 0.409 e. The van der Waals surface area contributed by atoms with Gasteiger partial charge in [0.05, 0.1) is 19.2 Å². The number of carbonyl (C=O) groups is 2. The van der Waals surface area contributed by atoms with Crippen LogP contribution >= 0.6 is 0 Å². The lowest BCUT2D eigenvalue weighted by Crippen LogP contribution is -2.52. The fourth-order valence-electron chi connectivity index (χ4n) is 3.92. The molecule has 1 N–H and O–H groups in total. The molecule has 6 heteroatoms. The minimum Gasteiger partial charge on any atom is -0.479 e. The number of nitrogens with zero attached hydrogens (tertiary/aromatic N) is 1. The highest BCUT2D eigenvalue weighted by molar-refractivity contribution is 5.79. The van der Waals surface area contributed by atoms with Crippen LogP contribution in [-0.4, -0.2) is 54.0 Å². The summed E-state index contributed by atoms with van der Waals surface area (Å²) in [5.41, 5.74) is 4.62. The molecule has 1 aliphatic carbocycles. The fourth-order valence-corrected chi connectivity index (χ4v) is 3.92. The van der Waals surface area contributed by atoms with Crippen molar-refractivity contribution in [3.05, 3.63) is 59.7 Å². The number of benzene rings is 2. The van der Waals surface area contributed by atoms with E-state index in [2.05, 4.69) is 24.3 Å². The van der Waals surface area contributed by atoms with Crippen molar-refractivity contribution in [3.8, 4) is 11.1 Å². The number of amides is 1. The Balaban J connectivity index is 1.49. The van der Waals surface area contributed by atoms with Crippen molar-refractivity contribution < 1.29 is 24.2 Å². The van der Waals surface area contributed by atoms with Gasteiger partial charge in [0.2, 0.25) is 0 Å². The third-order valence-electron chi connectivity index (χ3n) is 5.13. The molecule has 2 aromatic carbocycles. The lowest BCUT2D eigenvalue weighted by Gasteiger charge is -2.34. The molecule has 0 spiro atoms. The van der Waals surface area contributed by atoms with E-state index in [1.165, 1.54) is 16.0 Å². The second-order valence-corrected chi connectivity index (χ2v) is 6.98. The minimum absolute atomic E-state index is 0.00362. The summed E-state index contributed by atoms with van der Waals surface area (Å²) >= 11 is 0. The molecule has 4 rings (SSSR count). The molecule has 1 heterocycles. The van der Waals surface area contributed by atoms with Gasteiger partial charge in [-0.15, -0.1) is 0 Å². The Hall–Kier alpha value is -2.86. The number of carboxylic acid groups (broad SMARTS) is 1. The van der Waals surface area contributed by atoms with E-state index in [0.29, 0.717) is 6.54 Å². The van der Waals surface area contributed by atoms with Crippen molar-refractivity contribution in [2.75, 3.05) is 19.7 Å². The van der Waals surface area contributed by atoms with Crippen molar-refractivity contribution in [2.24, 2.45) is 0 Å². The van der Waals surface area contributed by atoms with Crippen LogP contribution in [0.1, 0.15) is 24.0 Å². The number of ether oxygens (including phenoxy) is 2. The van der Waals surface area contributed by atoms with Crippen molar-refractivity contribution >= 4 is 12.1 Å². The van der Waals surface area contributed by atoms with Crippen molar-refractivity contribution in [1.82, 2.24) is 4.90 Å². The molecule has 0 bridgehead atoms. The van der Waals surface area contributed by atoms with Gasteiger partial charge >= 0.3 is 12.1 Å². The second kappa shape index (κ2) is 7.04. The standard InChI is InChI=1S/C21H21NO5/c1-13-10-22(11-19(27-13)20(23)24)21(25)26-12-18-16-8-4-2-6-14(16)15-7-3-5-9-17(15)18/h2-9,13,18-19H,10-12H2,1H3,(H,23,24)/t13-,19-/m1/s1. The van der Waals surface area contributed by atoms with E-state index >= 15 is 0 Å². The topological polar surface area (TPSA) is 76.1 Å². The van der Waals surface area contributed by atoms with Crippen molar-refractivity contribution in [3.63, 3.8) is 0 Å².